The second kappa shape index (κ2) is 12.2. The first-order chi connectivity index (χ1) is 21.3. The number of fused-ring (bicyclic) bond motifs is 6. The van der Waals surface area contributed by atoms with E-state index in [1.54, 1.807) is 35.0 Å². The summed E-state index contributed by atoms with van der Waals surface area (Å²) in [5, 5.41) is 14.1. The van der Waals surface area contributed by atoms with Crippen molar-refractivity contribution >= 4 is 28.5 Å². The third kappa shape index (κ3) is 5.46. The number of para-hydroxylation sites is 1. The van der Waals surface area contributed by atoms with Crippen LogP contribution in [0.15, 0.2) is 66.7 Å². The Kier molecular flexibility index (Phi) is 8.20. The Morgan fingerprint density at radius 3 is 2.66 bits per heavy atom. The van der Waals surface area contributed by atoms with Crippen LogP contribution in [0.4, 0.5) is 10.5 Å². The Bertz CT molecular complexity index is 1700. The molecule has 2 N–H and O–H groups in total. The van der Waals surface area contributed by atoms with Crippen LogP contribution in [0.1, 0.15) is 29.9 Å². The highest BCUT2D eigenvalue weighted by Gasteiger charge is 2.34. The summed E-state index contributed by atoms with van der Waals surface area (Å²) in [5.74, 6) is 0.900. The Morgan fingerprint density at radius 2 is 1.84 bits per heavy atom. The number of likely N-dealkylation sites (N-methyl/N-ethyl adjacent to an activating group) is 1. The second-order valence-corrected chi connectivity index (χ2v) is 11.7. The summed E-state index contributed by atoms with van der Waals surface area (Å²) in [4.78, 5) is 31.1. The van der Waals surface area contributed by atoms with Gasteiger partial charge in [-0.15, -0.1) is 0 Å². The lowest BCUT2D eigenvalue weighted by atomic mass is 9.96. The van der Waals surface area contributed by atoms with E-state index in [0.717, 1.165) is 27.6 Å². The van der Waals surface area contributed by atoms with Gasteiger partial charge in [-0.05, 0) is 36.2 Å². The number of hydrogen-bond acceptors (Lipinski definition) is 6. The maximum Gasteiger partial charge on any atom is 0.321 e. The smallest absolute Gasteiger partial charge is 0.321 e. The van der Waals surface area contributed by atoms with Crippen LogP contribution in [0.3, 0.4) is 0 Å². The number of aromatic nitrogens is 1. The average molecular weight is 599 g/mol. The molecule has 4 aromatic rings. The Labute approximate surface area is 256 Å². The molecule has 0 bridgehead atoms. The molecule has 3 aromatic carbocycles. The molecule has 0 radical (unpaired) electrons. The average Bonchev–Trinajstić information content (AvgIpc) is 3.62. The normalized spacial score (nSPS) is 18.8. The number of anilines is 1. The molecule has 230 valence electrons. The lowest BCUT2D eigenvalue weighted by Gasteiger charge is -2.35. The van der Waals surface area contributed by atoms with Gasteiger partial charge in [0.1, 0.15) is 5.69 Å². The van der Waals surface area contributed by atoms with Crippen LogP contribution < -0.4 is 14.8 Å². The predicted molar refractivity (Wildman–Crippen MR) is 168 cm³/mol. The number of urea groups is 1. The SMILES string of the molecule is C[C@@H]1CN([C@H](C)CO)C(=O)c2c(c3ccccc3n2C)-c2ccccc2CO[C@@H]1CN(C)C(=O)Nc1ccc2c(c1)OCO2. The van der Waals surface area contributed by atoms with Crippen molar-refractivity contribution in [2.45, 2.75) is 32.6 Å². The van der Waals surface area contributed by atoms with Crippen LogP contribution in [0, 0.1) is 5.92 Å². The van der Waals surface area contributed by atoms with Gasteiger partial charge in [-0.25, -0.2) is 4.79 Å². The number of ether oxygens (including phenoxy) is 3. The quantitative estimate of drug-likeness (QED) is 0.332. The first kappa shape index (κ1) is 29.5. The molecule has 10 heteroatoms. The number of amides is 3. The number of rotatable bonds is 5. The zero-order chi connectivity index (χ0) is 31.0. The van der Waals surface area contributed by atoms with E-state index in [-0.39, 0.29) is 37.8 Å². The number of carbonyl (C=O) groups is 2. The molecule has 44 heavy (non-hydrogen) atoms. The van der Waals surface area contributed by atoms with E-state index in [1.807, 2.05) is 74.0 Å². The van der Waals surface area contributed by atoms with Gasteiger partial charge in [0.15, 0.2) is 11.5 Å². The molecule has 0 saturated heterocycles. The van der Waals surface area contributed by atoms with Gasteiger partial charge in [0.05, 0.1) is 25.4 Å². The minimum Gasteiger partial charge on any atom is -0.454 e. The van der Waals surface area contributed by atoms with Gasteiger partial charge in [0, 0.05) is 61.3 Å². The largest absolute Gasteiger partial charge is 0.454 e. The lowest BCUT2D eigenvalue weighted by molar-refractivity contribution is -0.0179. The Balaban J connectivity index is 1.33. The number of aryl methyl sites for hydroxylation is 1. The third-order valence-electron chi connectivity index (χ3n) is 8.65. The van der Waals surface area contributed by atoms with Crippen molar-refractivity contribution in [3.63, 3.8) is 0 Å². The van der Waals surface area contributed by atoms with Gasteiger partial charge >= 0.3 is 6.03 Å². The first-order valence-electron chi connectivity index (χ1n) is 14.9. The molecule has 0 spiro atoms. The monoisotopic (exact) mass is 598 g/mol. The van der Waals surface area contributed by atoms with E-state index in [2.05, 4.69) is 5.32 Å². The molecule has 0 unspecified atom stereocenters. The number of aliphatic hydroxyl groups is 1. The second-order valence-electron chi connectivity index (χ2n) is 11.7. The number of hydrogen-bond donors (Lipinski definition) is 2. The van der Waals surface area contributed by atoms with E-state index in [0.29, 0.717) is 36.0 Å². The zero-order valence-electron chi connectivity index (χ0n) is 25.4. The molecule has 3 atom stereocenters. The highest BCUT2D eigenvalue weighted by Crippen LogP contribution is 2.38. The molecular formula is C34H38N4O6. The van der Waals surface area contributed by atoms with E-state index in [9.17, 15) is 14.7 Å². The maximum absolute atomic E-state index is 14.5. The van der Waals surface area contributed by atoms with Crippen molar-refractivity contribution in [1.29, 1.82) is 0 Å². The van der Waals surface area contributed by atoms with Crippen LogP contribution in [0.2, 0.25) is 0 Å². The molecule has 0 aliphatic carbocycles. The zero-order valence-corrected chi connectivity index (χ0v) is 25.4. The van der Waals surface area contributed by atoms with Gasteiger partial charge in [0.2, 0.25) is 6.79 Å². The first-order valence-corrected chi connectivity index (χ1v) is 14.9. The fourth-order valence-electron chi connectivity index (χ4n) is 6.07. The summed E-state index contributed by atoms with van der Waals surface area (Å²) in [6, 6.07) is 20.5. The van der Waals surface area contributed by atoms with Crippen molar-refractivity contribution in [2.75, 3.05) is 38.9 Å². The molecule has 0 saturated carbocycles. The van der Waals surface area contributed by atoms with Crippen molar-refractivity contribution in [2.24, 2.45) is 13.0 Å². The Morgan fingerprint density at radius 1 is 1.09 bits per heavy atom. The molecule has 2 aliphatic heterocycles. The third-order valence-corrected chi connectivity index (χ3v) is 8.65. The van der Waals surface area contributed by atoms with Gasteiger partial charge in [-0.1, -0.05) is 49.4 Å². The van der Waals surface area contributed by atoms with Crippen molar-refractivity contribution in [3.8, 4) is 22.6 Å². The Hall–Kier alpha value is -4.54. The topological polar surface area (TPSA) is 106 Å². The van der Waals surface area contributed by atoms with E-state index in [4.69, 9.17) is 14.2 Å². The van der Waals surface area contributed by atoms with Gasteiger partial charge in [-0.3, -0.25) is 4.79 Å². The lowest BCUT2D eigenvalue weighted by Crippen LogP contribution is -2.48. The molecule has 6 rings (SSSR count). The van der Waals surface area contributed by atoms with Crippen molar-refractivity contribution < 1.29 is 28.9 Å². The molecule has 0 fully saturated rings. The van der Waals surface area contributed by atoms with Gasteiger partial charge in [-0.2, -0.15) is 0 Å². The standard InChI is InChI=1S/C34H38N4O6/c1-21-16-38(22(2)18-39)33(40)32-31(26-11-7-8-12-27(26)37(32)4)25-10-6-5-9-23(25)19-42-30(21)17-36(3)34(41)35-24-13-14-28-29(15-24)44-20-43-28/h5-15,21-22,30,39H,16-20H2,1-4H3,(H,35,41)/t21-,22-,30-/m1/s1. The highest BCUT2D eigenvalue weighted by atomic mass is 16.7. The maximum atomic E-state index is 14.5. The van der Waals surface area contributed by atoms with Crippen LogP contribution in [-0.4, -0.2) is 77.1 Å². The molecule has 2 aliphatic rings. The number of nitrogens with zero attached hydrogens (tertiary/aromatic N) is 3. The number of nitrogens with one attached hydrogen (secondary N) is 1. The van der Waals surface area contributed by atoms with Crippen LogP contribution >= 0.6 is 0 Å². The summed E-state index contributed by atoms with van der Waals surface area (Å²) < 4.78 is 19.4. The highest BCUT2D eigenvalue weighted by molar-refractivity contribution is 6.10. The fraction of sp³-hybridized carbons (Fsp3) is 0.353. The molecule has 3 amide bonds. The van der Waals surface area contributed by atoms with Crippen LogP contribution in [-0.2, 0) is 18.4 Å². The molecule has 3 heterocycles. The summed E-state index contributed by atoms with van der Waals surface area (Å²) in [6.45, 7) is 4.76. The van der Waals surface area contributed by atoms with Gasteiger partial charge in [0.25, 0.3) is 5.91 Å². The summed E-state index contributed by atoms with van der Waals surface area (Å²) in [6.07, 6.45) is -0.408. The van der Waals surface area contributed by atoms with Crippen molar-refractivity contribution in [1.82, 2.24) is 14.4 Å². The van der Waals surface area contributed by atoms with Crippen LogP contribution in [0.5, 0.6) is 11.5 Å². The number of aliphatic hydroxyl groups excluding tert-OH is 1. The van der Waals surface area contributed by atoms with Gasteiger partial charge < -0.3 is 39.0 Å². The van der Waals surface area contributed by atoms with Crippen molar-refractivity contribution in [3.05, 3.63) is 78.0 Å². The number of carbonyl (C=O) groups excluding carboxylic acids is 2. The van der Waals surface area contributed by atoms with Crippen LogP contribution in [0.25, 0.3) is 22.0 Å². The summed E-state index contributed by atoms with van der Waals surface area (Å²) >= 11 is 0. The van der Waals surface area contributed by atoms with E-state index in [1.165, 1.54) is 0 Å². The molecule has 10 nitrogen and oxygen atoms in total. The summed E-state index contributed by atoms with van der Waals surface area (Å²) in [7, 11) is 3.64. The summed E-state index contributed by atoms with van der Waals surface area (Å²) in [5.41, 5.74) is 4.85. The van der Waals surface area contributed by atoms with E-state index >= 15 is 0 Å². The minimum absolute atomic E-state index is 0.155. The van der Waals surface area contributed by atoms with E-state index < -0.39 is 12.1 Å². The minimum atomic E-state index is -0.431. The number of benzene rings is 3. The predicted octanol–water partition coefficient (Wildman–Crippen LogP) is 5.10. The fourth-order valence-corrected chi connectivity index (χ4v) is 6.07. The molecule has 1 aromatic heterocycles. The molecular weight excluding hydrogens is 560 g/mol.